The van der Waals surface area contributed by atoms with Crippen LogP contribution in [-0.4, -0.2) is 88.6 Å². The number of aromatic nitrogens is 3. The van der Waals surface area contributed by atoms with Crippen molar-refractivity contribution in [2.24, 2.45) is 0 Å². The van der Waals surface area contributed by atoms with Crippen LogP contribution < -0.4 is 15.0 Å². The predicted octanol–water partition coefficient (Wildman–Crippen LogP) is 3.41. The highest BCUT2D eigenvalue weighted by atomic mass is 32.2. The minimum atomic E-state index is -3.34. The van der Waals surface area contributed by atoms with Crippen molar-refractivity contribution in [1.82, 2.24) is 25.2 Å². The molecule has 2 bridgehead atoms. The summed E-state index contributed by atoms with van der Waals surface area (Å²) in [5.74, 6) is -3.49. The summed E-state index contributed by atoms with van der Waals surface area (Å²) in [6.07, 6.45) is 2.19. The number of halogens is 4. The number of alkyl halides is 1. The number of benzene rings is 2. The first-order chi connectivity index (χ1) is 21.0. The van der Waals surface area contributed by atoms with Crippen LogP contribution >= 0.6 is 0 Å². The Kier molecular flexibility index (Phi) is 6.04. The van der Waals surface area contributed by atoms with Gasteiger partial charge in [-0.05, 0) is 43.0 Å². The van der Waals surface area contributed by atoms with Gasteiger partial charge in [-0.2, -0.15) is 9.97 Å². The molecule has 9 rings (SSSR count). The fourth-order valence-electron chi connectivity index (χ4n) is 7.21. The number of sulfone groups is 1. The van der Waals surface area contributed by atoms with E-state index in [2.05, 4.69) is 25.2 Å². The molecular formula is C29H26F4N6O4S. The minimum Gasteiger partial charge on any atom is -0.508 e. The molecule has 0 spiro atoms. The number of hydrogen-bond acceptors (Lipinski definition) is 10. The van der Waals surface area contributed by atoms with Gasteiger partial charge < -0.3 is 14.7 Å². The molecule has 2 unspecified atom stereocenters. The standard InChI is InChI=1S/C29H26F4N6O4S/c30-15-8-29(4-1-5-39(29)10-15)13-43-28-36-26-18(27(37-28)38-11-20-35-21(12-38)44(20,41)42)9-34-25(24(26)33)17-7-16(40)6-14-2-3-19(31)23(32)22(14)17/h2-3,6-7,9,15,20-21,35,40H,1,4-5,8,10-13H2/t15-,20?,21?,29+/m1/s1. The summed E-state index contributed by atoms with van der Waals surface area (Å²) >= 11 is 0. The van der Waals surface area contributed by atoms with E-state index in [1.807, 2.05) is 0 Å². The van der Waals surface area contributed by atoms with Crippen LogP contribution in [0.5, 0.6) is 11.8 Å². The van der Waals surface area contributed by atoms with Crippen molar-refractivity contribution in [2.75, 3.05) is 37.7 Å². The molecule has 2 N–H and O–H groups in total. The molecule has 5 aliphatic heterocycles. The van der Waals surface area contributed by atoms with Crippen LogP contribution in [0.2, 0.25) is 0 Å². The monoisotopic (exact) mass is 630 g/mol. The zero-order chi connectivity index (χ0) is 30.5. The van der Waals surface area contributed by atoms with Gasteiger partial charge in [-0.1, -0.05) is 6.07 Å². The lowest BCUT2D eigenvalue weighted by Gasteiger charge is -2.47. The van der Waals surface area contributed by atoms with Crippen molar-refractivity contribution in [2.45, 2.75) is 41.7 Å². The zero-order valence-electron chi connectivity index (χ0n) is 23.1. The number of phenols is 1. The van der Waals surface area contributed by atoms with E-state index in [1.54, 1.807) is 4.90 Å². The van der Waals surface area contributed by atoms with Crippen molar-refractivity contribution in [3.8, 4) is 23.0 Å². The Morgan fingerprint density at radius 1 is 1.09 bits per heavy atom. The fourth-order valence-corrected chi connectivity index (χ4v) is 8.87. The molecule has 230 valence electrons. The van der Waals surface area contributed by atoms with Crippen molar-refractivity contribution in [1.29, 1.82) is 0 Å². The molecular weight excluding hydrogens is 604 g/mol. The Bertz CT molecular complexity index is 1970. The van der Waals surface area contributed by atoms with E-state index in [1.165, 1.54) is 18.3 Å². The van der Waals surface area contributed by atoms with E-state index in [0.717, 1.165) is 31.5 Å². The number of anilines is 1. The number of fused-ring (bicyclic) bond motifs is 5. The van der Waals surface area contributed by atoms with Gasteiger partial charge in [0.2, 0.25) is 0 Å². The highest BCUT2D eigenvalue weighted by molar-refractivity contribution is 7.94. The van der Waals surface area contributed by atoms with E-state index >= 15 is 8.78 Å². The molecule has 4 aromatic rings. The maximum Gasteiger partial charge on any atom is 0.319 e. The summed E-state index contributed by atoms with van der Waals surface area (Å²) in [4.78, 5) is 16.9. The van der Waals surface area contributed by atoms with E-state index in [0.29, 0.717) is 13.0 Å². The highest BCUT2D eigenvalue weighted by Gasteiger charge is 2.52. The molecule has 5 fully saturated rings. The van der Waals surface area contributed by atoms with Crippen molar-refractivity contribution in [3.63, 3.8) is 0 Å². The lowest BCUT2D eigenvalue weighted by atomic mass is 9.95. The average molecular weight is 631 g/mol. The number of phenolic OH excluding ortho intramolecular Hbond substituents is 1. The Labute approximate surface area is 248 Å². The third-order valence-electron chi connectivity index (χ3n) is 9.36. The molecule has 2 aromatic heterocycles. The molecule has 0 aliphatic carbocycles. The van der Waals surface area contributed by atoms with Gasteiger partial charge in [0, 0.05) is 43.2 Å². The van der Waals surface area contributed by atoms with Gasteiger partial charge in [-0.15, -0.1) is 0 Å². The summed E-state index contributed by atoms with van der Waals surface area (Å²) in [6, 6.07) is 4.31. The molecule has 44 heavy (non-hydrogen) atoms. The van der Waals surface area contributed by atoms with Gasteiger partial charge >= 0.3 is 6.01 Å². The maximum atomic E-state index is 16.5. The second kappa shape index (κ2) is 9.59. The van der Waals surface area contributed by atoms with E-state index in [4.69, 9.17) is 4.74 Å². The first-order valence-electron chi connectivity index (χ1n) is 14.3. The van der Waals surface area contributed by atoms with Crippen LogP contribution in [0.4, 0.5) is 23.4 Å². The van der Waals surface area contributed by atoms with Crippen LogP contribution in [0.3, 0.4) is 0 Å². The van der Waals surface area contributed by atoms with E-state index in [9.17, 15) is 22.3 Å². The second-order valence-corrected chi connectivity index (χ2v) is 14.3. The Balaban J connectivity index is 1.27. The largest absolute Gasteiger partial charge is 0.508 e. The lowest BCUT2D eigenvalue weighted by Crippen LogP contribution is -2.73. The number of pyridine rings is 1. The molecule has 0 saturated carbocycles. The van der Waals surface area contributed by atoms with Crippen LogP contribution in [0, 0.1) is 17.5 Å². The molecule has 5 aliphatic rings. The summed E-state index contributed by atoms with van der Waals surface area (Å²) in [5, 5.41) is 11.7. The quantitative estimate of drug-likeness (QED) is 0.318. The second-order valence-electron chi connectivity index (χ2n) is 12.0. The third kappa shape index (κ3) is 4.05. The van der Waals surface area contributed by atoms with Crippen molar-refractivity contribution in [3.05, 3.63) is 47.9 Å². The number of piperazine rings is 1. The Hall–Kier alpha value is -3.82. The lowest BCUT2D eigenvalue weighted by molar-refractivity contribution is 0.107. The smallest absolute Gasteiger partial charge is 0.319 e. The van der Waals surface area contributed by atoms with Crippen LogP contribution in [0.1, 0.15) is 19.3 Å². The molecule has 10 nitrogen and oxygen atoms in total. The van der Waals surface area contributed by atoms with Crippen molar-refractivity contribution < 1.29 is 35.8 Å². The summed E-state index contributed by atoms with van der Waals surface area (Å²) < 4.78 is 91.1. The SMILES string of the molecule is O=S1(=O)C2CN(c3nc(OC[C@@]45CCCN4C[C@H](F)C5)nc4c(F)c(-c5cc(O)cc6ccc(F)c(F)c56)ncc34)CC1N2. The van der Waals surface area contributed by atoms with Gasteiger partial charge in [0.05, 0.1) is 10.9 Å². The molecule has 7 heterocycles. The van der Waals surface area contributed by atoms with Crippen LogP contribution in [-0.2, 0) is 9.84 Å². The van der Waals surface area contributed by atoms with Gasteiger partial charge in [0.15, 0.2) is 27.3 Å². The van der Waals surface area contributed by atoms with E-state index < -0.39 is 49.7 Å². The Morgan fingerprint density at radius 3 is 2.66 bits per heavy atom. The number of ether oxygens (including phenoxy) is 1. The first-order valence-corrected chi connectivity index (χ1v) is 15.9. The summed E-state index contributed by atoms with van der Waals surface area (Å²) in [5.41, 5.74) is -1.35. The molecule has 0 radical (unpaired) electrons. The van der Waals surface area contributed by atoms with Crippen molar-refractivity contribution >= 4 is 37.3 Å². The highest BCUT2D eigenvalue weighted by Crippen LogP contribution is 2.42. The summed E-state index contributed by atoms with van der Waals surface area (Å²) in [7, 11) is -3.34. The molecule has 5 saturated heterocycles. The molecule has 0 amide bonds. The van der Waals surface area contributed by atoms with Gasteiger partial charge in [0.1, 0.15) is 46.3 Å². The molecule has 15 heteroatoms. The minimum absolute atomic E-state index is 0.0384. The van der Waals surface area contributed by atoms with Crippen LogP contribution in [0.15, 0.2) is 30.5 Å². The number of rotatable bonds is 5. The number of nitrogens with zero attached hydrogens (tertiary/aromatic N) is 5. The third-order valence-corrected chi connectivity index (χ3v) is 11.5. The number of hydrogen-bond donors (Lipinski definition) is 2. The van der Waals surface area contributed by atoms with Gasteiger partial charge in [-0.25, -0.2) is 26.0 Å². The predicted molar refractivity (Wildman–Crippen MR) is 152 cm³/mol. The van der Waals surface area contributed by atoms with E-state index in [-0.39, 0.29) is 70.2 Å². The average Bonchev–Trinajstić information content (AvgIpc) is 3.53. The fraction of sp³-hybridized carbons (Fsp3) is 0.414. The van der Waals surface area contributed by atoms with Gasteiger partial charge in [-0.3, -0.25) is 15.2 Å². The topological polar surface area (TPSA) is 121 Å². The molecule has 2 aromatic carbocycles. The summed E-state index contributed by atoms with van der Waals surface area (Å²) in [6.45, 7) is 1.20. The molecule has 4 atom stereocenters. The maximum absolute atomic E-state index is 16.5. The normalized spacial score (nSPS) is 27.5. The number of aromatic hydroxyl groups is 1. The van der Waals surface area contributed by atoms with Crippen LogP contribution in [0.25, 0.3) is 32.9 Å². The Morgan fingerprint density at radius 2 is 1.89 bits per heavy atom. The van der Waals surface area contributed by atoms with Gasteiger partial charge in [0.25, 0.3) is 0 Å². The first kappa shape index (κ1) is 27.7. The zero-order valence-corrected chi connectivity index (χ0v) is 23.9. The number of nitrogens with one attached hydrogen (secondary N) is 1.